The van der Waals surface area contributed by atoms with E-state index in [0.29, 0.717) is 72.2 Å². The number of imide groups is 1. The smallest absolute Gasteiger partial charge is 0.278 e. The van der Waals surface area contributed by atoms with E-state index < -0.39 is 17.6 Å². The third-order valence-electron chi connectivity index (χ3n) is 11.2. The Bertz CT molecular complexity index is 2460. The van der Waals surface area contributed by atoms with Crippen LogP contribution in [0.1, 0.15) is 72.6 Å². The van der Waals surface area contributed by atoms with E-state index in [0.717, 1.165) is 48.3 Å². The quantitative estimate of drug-likeness (QED) is 0.0823. The van der Waals surface area contributed by atoms with Gasteiger partial charge in [-0.2, -0.15) is 4.98 Å². The summed E-state index contributed by atoms with van der Waals surface area (Å²) in [5.41, 5.74) is 3.97. The number of hydrogen-bond donors (Lipinski definition) is 3. The van der Waals surface area contributed by atoms with Gasteiger partial charge < -0.3 is 25.0 Å². The topological polar surface area (TPSA) is 177 Å². The zero-order valence-electron chi connectivity index (χ0n) is 32.0. The number of nitrogens with one attached hydrogen (secondary N) is 2. The molecule has 3 aliphatic rings. The Balaban J connectivity index is 0.869. The molecule has 294 valence electrons. The van der Waals surface area contributed by atoms with Crippen molar-refractivity contribution in [3.05, 3.63) is 106 Å². The van der Waals surface area contributed by atoms with Crippen molar-refractivity contribution in [3.8, 4) is 11.6 Å². The molecule has 1 unspecified atom stereocenters. The van der Waals surface area contributed by atoms with Gasteiger partial charge in [-0.05, 0) is 98.2 Å². The van der Waals surface area contributed by atoms with Crippen molar-refractivity contribution in [1.29, 1.82) is 0 Å². The number of ether oxygens (including phenoxy) is 1. The molecule has 15 heteroatoms. The first kappa shape index (κ1) is 37.6. The molecule has 2 atom stereocenters. The van der Waals surface area contributed by atoms with E-state index in [1.165, 1.54) is 15.8 Å². The number of benzene rings is 2. The second-order valence-electron chi connectivity index (χ2n) is 14.8. The van der Waals surface area contributed by atoms with Crippen LogP contribution in [-0.2, 0) is 34.7 Å². The van der Waals surface area contributed by atoms with Crippen LogP contribution in [0, 0.1) is 0 Å². The van der Waals surface area contributed by atoms with E-state index in [1.54, 1.807) is 22.9 Å². The second-order valence-corrected chi connectivity index (χ2v) is 14.8. The Morgan fingerprint density at radius 1 is 1.05 bits per heavy atom. The molecule has 0 saturated carbocycles. The number of hydrogen-bond acceptors (Lipinski definition) is 11. The molecular formula is C42H45N9O6. The molecule has 3 N–H and O–H groups in total. The first-order valence-electron chi connectivity index (χ1n) is 19.4. The van der Waals surface area contributed by atoms with Gasteiger partial charge in [-0.25, -0.2) is 19.3 Å². The van der Waals surface area contributed by atoms with Gasteiger partial charge in [-0.3, -0.25) is 24.5 Å². The zero-order chi connectivity index (χ0) is 39.8. The van der Waals surface area contributed by atoms with Crippen molar-refractivity contribution < 1.29 is 24.2 Å². The van der Waals surface area contributed by atoms with Crippen molar-refractivity contribution in [2.24, 2.45) is 0 Å². The minimum Gasteiger partial charge on any atom is -0.494 e. The van der Waals surface area contributed by atoms with Gasteiger partial charge in [0.05, 0.1) is 18.8 Å². The molecule has 0 radical (unpaired) electrons. The number of pyridine rings is 1. The van der Waals surface area contributed by atoms with Crippen molar-refractivity contribution in [2.45, 2.75) is 76.6 Å². The monoisotopic (exact) mass is 771 g/mol. The maximum absolute atomic E-state index is 13.5. The van der Waals surface area contributed by atoms with Crippen LogP contribution >= 0.6 is 0 Å². The largest absolute Gasteiger partial charge is 0.494 e. The van der Waals surface area contributed by atoms with Crippen LogP contribution in [0.4, 0.5) is 17.3 Å². The van der Waals surface area contributed by atoms with Crippen molar-refractivity contribution in [3.63, 3.8) is 0 Å². The van der Waals surface area contributed by atoms with Gasteiger partial charge in [0.25, 0.3) is 11.5 Å². The van der Waals surface area contributed by atoms with Gasteiger partial charge in [0.2, 0.25) is 17.8 Å². The van der Waals surface area contributed by atoms with E-state index in [1.807, 2.05) is 56.4 Å². The summed E-state index contributed by atoms with van der Waals surface area (Å²) in [6, 6.07) is 16.5. The summed E-state index contributed by atoms with van der Waals surface area (Å²) in [4.78, 5) is 68.1. The summed E-state index contributed by atoms with van der Waals surface area (Å²) in [7, 11) is 2.04. The summed E-state index contributed by atoms with van der Waals surface area (Å²) in [5.74, 6) is 0.548. The maximum Gasteiger partial charge on any atom is 0.278 e. The van der Waals surface area contributed by atoms with Gasteiger partial charge in [-0.15, -0.1) is 6.58 Å². The number of nitrogens with zero attached hydrogens (tertiary/aromatic N) is 7. The SMILES string of the molecule is C=CCn1c(=O)c2cnc(Nc3ccc(N(C)CCCCOc4ccc5c(c4)CN(C4CCC(=O)NC4=O)C5=O)cc3)nc2n1-c1ccc2c(n1)[C@@](O)(CC)CC2. The zero-order valence-corrected chi connectivity index (χ0v) is 32.0. The summed E-state index contributed by atoms with van der Waals surface area (Å²) in [5, 5.41) is 17.2. The molecule has 1 aliphatic carbocycles. The van der Waals surface area contributed by atoms with Gasteiger partial charge in [-0.1, -0.05) is 19.1 Å². The number of fused-ring (bicyclic) bond motifs is 3. The first-order chi connectivity index (χ1) is 27.6. The number of rotatable bonds is 14. The van der Waals surface area contributed by atoms with Gasteiger partial charge >= 0.3 is 0 Å². The van der Waals surface area contributed by atoms with Crippen LogP contribution in [0.3, 0.4) is 0 Å². The number of aliphatic hydroxyl groups is 1. The van der Waals surface area contributed by atoms with Crippen molar-refractivity contribution in [2.75, 3.05) is 30.4 Å². The molecule has 1 saturated heterocycles. The highest BCUT2D eigenvalue weighted by atomic mass is 16.5. The molecule has 1 fully saturated rings. The summed E-state index contributed by atoms with van der Waals surface area (Å²) in [6.45, 7) is 7.65. The fraction of sp³-hybridized carbons (Fsp3) is 0.357. The number of carbonyl (C=O) groups is 3. The Labute approximate surface area is 329 Å². The van der Waals surface area contributed by atoms with Gasteiger partial charge in [0.15, 0.2) is 11.5 Å². The van der Waals surface area contributed by atoms with E-state index in [9.17, 15) is 24.3 Å². The molecule has 0 bridgehead atoms. The number of aromatic nitrogens is 5. The van der Waals surface area contributed by atoms with E-state index >= 15 is 0 Å². The predicted octanol–water partition coefficient (Wildman–Crippen LogP) is 4.51. The van der Waals surface area contributed by atoms with Crippen LogP contribution in [0.15, 0.2) is 78.2 Å². The fourth-order valence-corrected chi connectivity index (χ4v) is 7.95. The highest BCUT2D eigenvalue weighted by Crippen LogP contribution is 2.38. The lowest BCUT2D eigenvalue weighted by Gasteiger charge is -2.29. The number of aryl methyl sites for hydroxylation is 1. The summed E-state index contributed by atoms with van der Waals surface area (Å²) >= 11 is 0. The predicted molar refractivity (Wildman–Crippen MR) is 214 cm³/mol. The van der Waals surface area contributed by atoms with Crippen LogP contribution in [0.2, 0.25) is 0 Å². The lowest BCUT2D eigenvalue weighted by molar-refractivity contribution is -0.136. The van der Waals surface area contributed by atoms with Crippen LogP contribution in [0.5, 0.6) is 5.75 Å². The normalized spacial score (nSPS) is 18.8. The highest BCUT2D eigenvalue weighted by molar-refractivity contribution is 6.05. The number of carbonyl (C=O) groups excluding carboxylic acids is 3. The average molecular weight is 772 g/mol. The number of allylic oxidation sites excluding steroid dienone is 1. The summed E-state index contributed by atoms with van der Waals surface area (Å²) in [6.07, 6.45) is 7.33. The molecule has 0 spiro atoms. The Morgan fingerprint density at radius 3 is 2.65 bits per heavy atom. The van der Waals surface area contributed by atoms with E-state index in [-0.39, 0.29) is 30.3 Å². The van der Waals surface area contributed by atoms with Gasteiger partial charge in [0.1, 0.15) is 22.8 Å². The highest BCUT2D eigenvalue weighted by Gasteiger charge is 2.39. The molecule has 57 heavy (non-hydrogen) atoms. The Morgan fingerprint density at radius 2 is 1.88 bits per heavy atom. The molecule has 2 aliphatic heterocycles. The van der Waals surface area contributed by atoms with Crippen LogP contribution in [-0.4, -0.2) is 78.3 Å². The average Bonchev–Trinajstić information content (AvgIpc) is 3.82. The first-order valence-corrected chi connectivity index (χ1v) is 19.4. The van der Waals surface area contributed by atoms with Gasteiger partial charge in [0, 0.05) is 49.7 Å². The van der Waals surface area contributed by atoms with Crippen molar-refractivity contribution in [1.82, 2.24) is 34.5 Å². The van der Waals surface area contributed by atoms with E-state index in [4.69, 9.17) is 14.7 Å². The van der Waals surface area contributed by atoms with Crippen molar-refractivity contribution >= 4 is 46.1 Å². The van der Waals surface area contributed by atoms with Crippen LogP contribution in [0.25, 0.3) is 16.9 Å². The molecule has 3 amide bonds. The molecule has 15 nitrogen and oxygen atoms in total. The maximum atomic E-state index is 13.5. The minimum atomic E-state index is -1.00. The molecule has 5 aromatic rings. The molecule has 2 aromatic carbocycles. The lowest BCUT2D eigenvalue weighted by Crippen LogP contribution is -2.52. The standard InChI is InChI=1S/C42H45N9O6/c1-4-20-50-40(55)32-24-43-41(47-37(32)51(50)34-16-8-26-18-19-42(56,5-2)36(26)45-34)44-28-9-11-29(12-10-28)48(3)21-6-7-22-57-30-13-14-31-27(23-30)25-49(39(31)54)33-15-17-35(52)46-38(33)53/h4,8-14,16,23-24,33,56H,1,5-7,15,17-22,25H2,2-3H3,(H,43,44,47)(H,46,52,53)/t33?,42-/m1/s1. The number of anilines is 3. The molecule has 3 aromatic heterocycles. The molecule has 8 rings (SSSR count). The lowest BCUT2D eigenvalue weighted by atomic mass is 9.98. The molecule has 5 heterocycles. The second kappa shape index (κ2) is 15.3. The number of piperidine rings is 1. The third-order valence-corrected chi connectivity index (χ3v) is 11.2. The van der Waals surface area contributed by atoms with E-state index in [2.05, 4.69) is 27.1 Å². The summed E-state index contributed by atoms with van der Waals surface area (Å²) < 4.78 is 9.22. The number of unbranched alkanes of at least 4 members (excludes halogenated alkanes) is 1. The fourth-order valence-electron chi connectivity index (χ4n) is 7.95. The van der Waals surface area contributed by atoms with Crippen LogP contribution < -0.4 is 25.8 Å². The Hall–Kier alpha value is -6.35. The number of amides is 3. The molecular weight excluding hydrogens is 727 g/mol. The Kier molecular flexibility index (Phi) is 10.1. The third kappa shape index (κ3) is 7.14. The minimum absolute atomic E-state index is 0.203.